The smallest absolute Gasteiger partial charge is 0.187 e. The summed E-state index contributed by atoms with van der Waals surface area (Å²) in [6.45, 7) is 1.89. The maximum absolute atomic E-state index is 12.0. The molecule has 2 aliphatic rings. The summed E-state index contributed by atoms with van der Waals surface area (Å²) in [6, 6.07) is 69.7. The van der Waals surface area contributed by atoms with Crippen molar-refractivity contribution in [3.8, 4) is 0 Å². The number of hydrogen-bond donors (Lipinski definition) is 1. The fourth-order valence-corrected chi connectivity index (χ4v) is 8.97. The first-order valence-corrected chi connectivity index (χ1v) is 24.8. The predicted octanol–water partition coefficient (Wildman–Crippen LogP) is 10.2. The van der Waals surface area contributed by atoms with Crippen molar-refractivity contribution in [2.24, 2.45) is 0 Å². The van der Waals surface area contributed by atoms with Crippen LogP contribution >= 0.6 is 0 Å². The molecule has 0 saturated carbocycles. The van der Waals surface area contributed by atoms with Crippen LogP contribution in [0.1, 0.15) is 38.9 Å². The molecule has 374 valence electrons. The van der Waals surface area contributed by atoms with Crippen molar-refractivity contribution in [3.05, 3.63) is 251 Å². The minimum absolute atomic E-state index is 0.0957. The summed E-state index contributed by atoms with van der Waals surface area (Å²) in [5.74, 6) is 0. The van der Waals surface area contributed by atoms with Crippen molar-refractivity contribution in [2.45, 2.75) is 108 Å². The van der Waals surface area contributed by atoms with Crippen LogP contribution in [0.3, 0.4) is 0 Å². The van der Waals surface area contributed by atoms with Gasteiger partial charge in [-0.25, -0.2) is 0 Å². The van der Waals surface area contributed by atoms with Crippen LogP contribution in [0, 0.1) is 0 Å². The second-order valence-electron chi connectivity index (χ2n) is 18.0. The molecule has 2 aliphatic heterocycles. The van der Waals surface area contributed by atoms with Gasteiger partial charge < -0.3 is 52.5 Å². The number of hydrogen-bond acceptors (Lipinski definition) is 11. The average Bonchev–Trinajstić information content (AvgIpc) is 3.44. The van der Waals surface area contributed by atoms with Gasteiger partial charge in [-0.3, -0.25) is 0 Å². The minimum atomic E-state index is -1.41. The fourth-order valence-electron chi connectivity index (χ4n) is 8.97. The van der Waals surface area contributed by atoms with Crippen LogP contribution in [-0.2, 0) is 93.6 Å². The number of aliphatic hydroxyl groups is 1. The van der Waals surface area contributed by atoms with Crippen LogP contribution in [-0.4, -0.2) is 79.7 Å². The van der Waals surface area contributed by atoms with Gasteiger partial charge in [0.05, 0.1) is 59.5 Å². The molecule has 1 N–H and O–H groups in total. The van der Waals surface area contributed by atoms with Gasteiger partial charge in [0, 0.05) is 0 Å². The van der Waals surface area contributed by atoms with Gasteiger partial charge in [-0.05, 0) is 38.9 Å². The van der Waals surface area contributed by atoms with Crippen molar-refractivity contribution in [2.75, 3.05) is 13.2 Å². The van der Waals surface area contributed by atoms with E-state index in [2.05, 4.69) is 0 Å². The molecule has 0 bridgehead atoms. The third kappa shape index (κ3) is 14.8. The number of rotatable bonds is 25. The first-order chi connectivity index (χ1) is 35.6. The third-order valence-electron chi connectivity index (χ3n) is 12.7. The SMILES string of the molecule is O[C@H]1OC(CO[C@H]2OC(COCc3ccccc3)[C@@H](OCc3ccccc3)C(OCc3ccccc3)C2OCc2ccccc2)[C@@H](OCc2ccccc2)C(OCc2ccccc2)C1OCc1ccccc1. The zero-order chi connectivity index (χ0) is 49.0. The molecule has 0 aliphatic carbocycles. The Balaban J connectivity index is 1.04. The van der Waals surface area contributed by atoms with Crippen molar-refractivity contribution in [1.29, 1.82) is 0 Å². The number of aliphatic hydroxyl groups excluding tert-OH is 1. The third-order valence-corrected chi connectivity index (χ3v) is 12.7. The molecule has 72 heavy (non-hydrogen) atoms. The van der Waals surface area contributed by atoms with Gasteiger partial charge in [0.25, 0.3) is 0 Å². The second kappa shape index (κ2) is 27.2. The molecule has 11 heteroatoms. The highest BCUT2D eigenvalue weighted by atomic mass is 16.7. The summed E-state index contributed by atoms with van der Waals surface area (Å²) in [5, 5.41) is 12.0. The molecular weight excluding hydrogens is 909 g/mol. The van der Waals surface area contributed by atoms with E-state index in [0.717, 1.165) is 38.9 Å². The molecule has 2 fully saturated rings. The Hall–Kier alpha value is -5.90. The van der Waals surface area contributed by atoms with Crippen molar-refractivity contribution in [1.82, 2.24) is 0 Å². The van der Waals surface area contributed by atoms with Crippen LogP contribution in [0.25, 0.3) is 0 Å². The lowest BCUT2D eigenvalue weighted by Gasteiger charge is -2.47. The lowest BCUT2D eigenvalue weighted by atomic mass is 9.97. The van der Waals surface area contributed by atoms with Crippen molar-refractivity contribution < 1.29 is 52.5 Å². The van der Waals surface area contributed by atoms with Gasteiger partial charge >= 0.3 is 0 Å². The maximum atomic E-state index is 12.0. The molecule has 9 rings (SSSR count). The molecular formula is C61H64O11. The van der Waals surface area contributed by atoms with Crippen LogP contribution < -0.4 is 0 Å². The number of ether oxygens (including phenoxy) is 10. The normalized spacial score (nSPS) is 24.2. The molecule has 11 nitrogen and oxygen atoms in total. The molecule has 10 atom stereocenters. The minimum Gasteiger partial charge on any atom is -0.374 e. The zero-order valence-corrected chi connectivity index (χ0v) is 40.4. The van der Waals surface area contributed by atoms with E-state index in [-0.39, 0.29) is 52.9 Å². The lowest BCUT2D eigenvalue weighted by Crippen LogP contribution is -2.63. The molecule has 0 spiro atoms. The Morgan fingerprint density at radius 1 is 0.278 bits per heavy atom. The quantitative estimate of drug-likeness (QED) is 0.0591. The van der Waals surface area contributed by atoms with Gasteiger partial charge in [-0.1, -0.05) is 212 Å². The first kappa shape index (κ1) is 51.0. The standard InChI is InChI=1S/C61H64O11/c62-60-58(68-41-50-32-18-6-19-33-50)56(66-39-48-28-14-4-15-29-48)55(65-38-47-26-12-3-13-27-47)53(71-60)44-70-61-59(69-42-51-34-20-7-21-35-51)57(67-40-49-30-16-5-17-31-49)54(64-37-46-24-10-2-11-25-46)52(72-61)43-63-36-45-22-8-1-9-23-45/h1-35,52-62H,36-44H2/t52?,53?,54-,55-,56?,57?,58?,59?,60+,61+/m1/s1. The molecule has 6 unspecified atom stereocenters. The molecule has 0 aromatic heterocycles. The van der Waals surface area contributed by atoms with Crippen LogP contribution in [0.15, 0.2) is 212 Å². The number of benzene rings is 7. The molecule has 7 aromatic rings. The summed E-state index contributed by atoms with van der Waals surface area (Å²) in [7, 11) is 0. The van der Waals surface area contributed by atoms with E-state index in [1.807, 2.05) is 212 Å². The van der Waals surface area contributed by atoms with Crippen molar-refractivity contribution in [3.63, 3.8) is 0 Å². The second-order valence-corrected chi connectivity index (χ2v) is 18.0. The summed E-state index contributed by atoms with van der Waals surface area (Å²) >= 11 is 0. The average molecular weight is 973 g/mol. The van der Waals surface area contributed by atoms with Crippen LogP contribution in [0.5, 0.6) is 0 Å². The van der Waals surface area contributed by atoms with Crippen LogP contribution in [0.4, 0.5) is 0 Å². The Labute approximate surface area is 423 Å². The first-order valence-electron chi connectivity index (χ1n) is 24.8. The van der Waals surface area contributed by atoms with E-state index in [0.29, 0.717) is 6.61 Å². The Morgan fingerprint density at radius 3 is 0.917 bits per heavy atom. The molecule has 7 aromatic carbocycles. The maximum Gasteiger partial charge on any atom is 0.187 e. The molecule has 2 heterocycles. The van der Waals surface area contributed by atoms with Gasteiger partial charge in [0.15, 0.2) is 12.6 Å². The summed E-state index contributed by atoms with van der Waals surface area (Å²) in [6.07, 6.45) is -8.74. The van der Waals surface area contributed by atoms with Crippen LogP contribution in [0.2, 0.25) is 0 Å². The van der Waals surface area contributed by atoms with Crippen molar-refractivity contribution >= 4 is 0 Å². The zero-order valence-electron chi connectivity index (χ0n) is 40.4. The highest BCUT2D eigenvalue weighted by Gasteiger charge is 2.52. The van der Waals surface area contributed by atoms with Gasteiger partial charge in [-0.15, -0.1) is 0 Å². The predicted molar refractivity (Wildman–Crippen MR) is 272 cm³/mol. The van der Waals surface area contributed by atoms with Gasteiger partial charge in [-0.2, -0.15) is 0 Å². The van der Waals surface area contributed by atoms with Gasteiger partial charge in [0.2, 0.25) is 0 Å². The highest BCUT2D eigenvalue weighted by molar-refractivity contribution is 5.19. The largest absolute Gasteiger partial charge is 0.374 e. The van der Waals surface area contributed by atoms with E-state index < -0.39 is 61.4 Å². The Morgan fingerprint density at radius 2 is 0.556 bits per heavy atom. The van der Waals surface area contributed by atoms with E-state index in [1.165, 1.54) is 0 Å². The summed E-state index contributed by atoms with van der Waals surface area (Å²) in [4.78, 5) is 0. The fraction of sp³-hybridized carbons (Fsp3) is 0.311. The summed E-state index contributed by atoms with van der Waals surface area (Å²) in [5.41, 5.74) is 6.80. The molecule has 0 amide bonds. The van der Waals surface area contributed by atoms with E-state index in [4.69, 9.17) is 47.4 Å². The Bertz CT molecular complexity index is 2550. The van der Waals surface area contributed by atoms with E-state index >= 15 is 0 Å². The molecule has 2 saturated heterocycles. The Kier molecular flexibility index (Phi) is 19.3. The van der Waals surface area contributed by atoms with Gasteiger partial charge in [0.1, 0.15) is 48.8 Å². The summed E-state index contributed by atoms with van der Waals surface area (Å²) < 4.78 is 67.9. The van der Waals surface area contributed by atoms with E-state index in [1.54, 1.807) is 0 Å². The molecule has 0 radical (unpaired) electrons. The lowest BCUT2D eigenvalue weighted by molar-refractivity contribution is -0.349. The topological polar surface area (TPSA) is 113 Å². The monoisotopic (exact) mass is 972 g/mol. The van der Waals surface area contributed by atoms with E-state index in [9.17, 15) is 5.11 Å². The highest BCUT2D eigenvalue weighted by Crippen LogP contribution is 2.34.